The number of carbonyl (C=O) groups is 2. The van der Waals surface area contributed by atoms with Gasteiger partial charge in [-0.1, -0.05) is 22.0 Å². The van der Waals surface area contributed by atoms with Crippen LogP contribution in [0.1, 0.15) is 19.4 Å². The Morgan fingerprint density at radius 1 is 1.27 bits per heavy atom. The standard InChI is InChI=1S/C19H19BrN2O4/c1-19(2)13(18(24)22-5-7-25-8-6-22)10-15(26-19)16-12-4-3-11(20)9-14(12)21-17(16)23/h3-4,9-10H,5-8H2,1-2H3,(H,21,23)/b16-15+. The van der Waals surface area contributed by atoms with Gasteiger partial charge in [0.05, 0.1) is 30.0 Å². The Morgan fingerprint density at radius 3 is 2.73 bits per heavy atom. The molecule has 3 aliphatic rings. The van der Waals surface area contributed by atoms with Crippen LogP contribution in [0.5, 0.6) is 0 Å². The third kappa shape index (κ3) is 2.85. The van der Waals surface area contributed by atoms with Crippen LogP contribution in [0.3, 0.4) is 0 Å². The lowest BCUT2D eigenvalue weighted by atomic mass is 9.97. The fourth-order valence-electron chi connectivity index (χ4n) is 3.43. The number of allylic oxidation sites excluding steroid dienone is 1. The van der Waals surface area contributed by atoms with Crippen LogP contribution in [0.2, 0.25) is 0 Å². The van der Waals surface area contributed by atoms with E-state index in [0.29, 0.717) is 43.2 Å². The van der Waals surface area contributed by atoms with Gasteiger partial charge in [0.2, 0.25) is 0 Å². The molecule has 1 fully saturated rings. The van der Waals surface area contributed by atoms with Crippen molar-refractivity contribution in [2.24, 2.45) is 0 Å². The Kier molecular flexibility index (Phi) is 4.16. The number of amides is 2. The van der Waals surface area contributed by atoms with Gasteiger partial charge >= 0.3 is 0 Å². The molecular formula is C19H19BrN2O4. The second kappa shape index (κ2) is 6.25. The summed E-state index contributed by atoms with van der Waals surface area (Å²) in [6.45, 7) is 5.91. The molecule has 7 heteroatoms. The summed E-state index contributed by atoms with van der Waals surface area (Å²) in [6.07, 6.45) is 1.71. The molecule has 0 radical (unpaired) electrons. The molecule has 4 rings (SSSR count). The maximum Gasteiger partial charge on any atom is 0.260 e. The van der Waals surface area contributed by atoms with Crippen molar-refractivity contribution >= 4 is 39.0 Å². The molecule has 6 nitrogen and oxygen atoms in total. The molecule has 3 heterocycles. The Labute approximate surface area is 160 Å². The van der Waals surface area contributed by atoms with E-state index >= 15 is 0 Å². The van der Waals surface area contributed by atoms with Gasteiger partial charge in [0.1, 0.15) is 11.4 Å². The number of rotatable bonds is 1. The highest BCUT2D eigenvalue weighted by atomic mass is 79.9. The van der Waals surface area contributed by atoms with Crippen molar-refractivity contribution in [1.82, 2.24) is 4.90 Å². The monoisotopic (exact) mass is 418 g/mol. The Balaban J connectivity index is 1.75. The summed E-state index contributed by atoms with van der Waals surface area (Å²) in [5.41, 5.74) is 1.73. The number of halogens is 1. The Hall–Kier alpha value is -2.12. The predicted molar refractivity (Wildman–Crippen MR) is 100 cm³/mol. The first-order valence-corrected chi connectivity index (χ1v) is 9.30. The van der Waals surface area contributed by atoms with Crippen molar-refractivity contribution in [3.05, 3.63) is 45.6 Å². The van der Waals surface area contributed by atoms with Gasteiger partial charge in [-0.05, 0) is 32.1 Å². The first-order valence-electron chi connectivity index (χ1n) is 8.50. The van der Waals surface area contributed by atoms with E-state index in [1.165, 1.54) is 0 Å². The number of fused-ring (bicyclic) bond motifs is 1. The molecule has 2 amide bonds. The first-order chi connectivity index (χ1) is 12.4. The van der Waals surface area contributed by atoms with Gasteiger partial charge in [-0.15, -0.1) is 0 Å². The second-order valence-corrected chi connectivity index (χ2v) is 7.87. The summed E-state index contributed by atoms with van der Waals surface area (Å²) >= 11 is 3.41. The van der Waals surface area contributed by atoms with Gasteiger partial charge in [0.25, 0.3) is 11.8 Å². The fourth-order valence-corrected chi connectivity index (χ4v) is 3.79. The van der Waals surface area contributed by atoms with Gasteiger partial charge in [0, 0.05) is 23.1 Å². The summed E-state index contributed by atoms with van der Waals surface area (Å²) in [4.78, 5) is 27.2. The van der Waals surface area contributed by atoms with Crippen molar-refractivity contribution in [2.45, 2.75) is 19.4 Å². The number of nitrogens with one attached hydrogen (secondary N) is 1. The van der Waals surface area contributed by atoms with Gasteiger partial charge in [-0.2, -0.15) is 0 Å². The van der Waals surface area contributed by atoms with Crippen molar-refractivity contribution in [2.75, 3.05) is 31.6 Å². The summed E-state index contributed by atoms with van der Waals surface area (Å²) in [5, 5.41) is 2.85. The normalized spacial score (nSPS) is 24.0. The molecule has 0 aliphatic carbocycles. The van der Waals surface area contributed by atoms with E-state index in [0.717, 1.165) is 15.7 Å². The number of hydrogen-bond donors (Lipinski definition) is 1. The van der Waals surface area contributed by atoms with E-state index in [-0.39, 0.29) is 11.8 Å². The minimum atomic E-state index is -0.796. The molecule has 26 heavy (non-hydrogen) atoms. The highest BCUT2D eigenvalue weighted by molar-refractivity contribution is 9.10. The quantitative estimate of drug-likeness (QED) is 0.711. The third-order valence-corrected chi connectivity index (χ3v) is 5.28. The third-order valence-electron chi connectivity index (χ3n) is 4.79. The maximum absolute atomic E-state index is 12.9. The minimum Gasteiger partial charge on any atom is -0.482 e. The molecule has 1 aromatic carbocycles. The van der Waals surface area contributed by atoms with Crippen LogP contribution in [-0.2, 0) is 19.1 Å². The van der Waals surface area contributed by atoms with Crippen molar-refractivity contribution in [3.8, 4) is 0 Å². The number of anilines is 1. The molecule has 0 saturated carbocycles. The number of hydrogen-bond acceptors (Lipinski definition) is 4. The molecular weight excluding hydrogens is 400 g/mol. The molecule has 1 aromatic rings. The van der Waals surface area contributed by atoms with E-state index in [1.807, 2.05) is 32.0 Å². The zero-order valence-electron chi connectivity index (χ0n) is 14.6. The van der Waals surface area contributed by atoms with Gasteiger partial charge < -0.3 is 19.7 Å². The summed E-state index contributed by atoms with van der Waals surface area (Å²) in [7, 11) is 0. The highest BCUT2D eigenvalue weighted by Gasteiger charge is 2.41. The molecule has 0 aromatic heterocycles. The Bertz CT molecular complexity index is 866. The van der Waals surface area contributed by atoms with Crippen molar-refractivity contribution in [1.29, 1.82) is 0 Å². The van der Waals surface area contributed by atoms with E-state index in [4.69, 9.17) is 9.47 Å². The number of benzene rings is 1. The number of carbonyl (C=O) groups excluding carboxylic acids is 2. The average Bonchev–Trinajstić information content (AvgIpc) is 3.09. The van der Waals surface area contributed by atoms with Crippen LogP contribution in [0.15, 0.2) is 40.1 Å². The molecule has 3 aliphatic heterocycles. The molecule has 136 valence electrons. The summed E-state index contributed by atoms with van der Waals surface area (Å²) < 4.78 is 12.3. The first kappa shape index (κ1) is 17.3. The molecule has 1 saturated heterocycles. The van der Waals surface area contributed by atoms with E-state index in [2.05, 4.69) is 21.2 Å². The van der Waals surface area contributed by atoms with Crippen LogP contribution in [0.4, 0.5) is 5.69 Å². The topological polar surface area (TPSA) is 67.9 Å². The van der Waals surface area contributed by atoms with E-state index in [1.54, 1.807) is 11.0 Å². The zero-order chi connectivity index (χ0) is 18.5. The Morgan fingerprint density at radius 2 is 2.00 bits per heavy atom. The van der Waals surface area contributed by atoms with Crippen molar-refractivity contribution in [3.63, 3.8) is 0 Å². The molecule has 0 atom stereocenters. The van der Waals surface area contributed by atoms with Gasteiger partial charge in [0.15, 0.2) is 0 Å². The maximum atomic E-state index is 12.9. The second-order valence-electron chi connectivity index (χ2n) is 6.96. The summed E-state index contributed by atoms with van der Waals surface area (Å²) in [5.74, 6) is 0.147. The zero-order valence-corrected chi connectivity index (χ0v) is 16.2. The van der Waals surface area contributed by atoms with Crippen molar-refractivity contribution < 1.29 is 19.1 Å². The summed E-state index contributed by atoms with van der Waals surface area (Å²) in [6, 6.07) is 5.60. The van der Waals surface area contributed by atoms with Crippen LogP contribution in [-0.4, -0.2) is 48.6 Å². The number of morpholine rings is 1. The van der Waals surface area contributed by atoms with Crippen LogP contribution in [0.25, 0.3) is 5.57 Å². The van der Waals surface area contributed by atoms with Crippen LogP contribution in [0, 0.1) is 0 Å². The predicted octanol–water partition coefficient (Wildman–Crippen LogP) is 2.71. The highest BCUT2D eigenvalue weighted by Crippen LogP contribution is 2.42. The van der Waals surface area contributed by atoms with E-state index in [9.17, 15) is 9.59 Å². The minimum absolute atomic E-state index is 0.0664. The van der Waals surface area contributed by atoms with Gasteiger partial charge in [-0.25, -0.2) is 0 Å². The van der Waals surface area contributed by atoms with Crippen LogP contribution >= 0.6 is 15.9 Å². The number of nitrogens with zero attached hydrogens (tertiary/aromatic N) is 1. The lowest BCUT2D eigenvalue weighted by Gasteiger charge is -2.30. The SMILES string of the molecule is CC1(C)O/C(=C2/C(=O)Nc3cc(Br)ccc32)C=C1C(=O)N1CCOCC1. The fraction of sp³-hybridized carbons (Fsp3) is 0.368. The smallest absolute Gasteiger partial charge is 0.260 e. The van der Waals surface area contributed by atoms with E-state index < -0.39 is 5.60 Å². The lowest BCUT2D eigenvalue weighted by Crippen LogP contribution is -2.44. The van der Waals surface area contributed by atoms with Gasteiger partial charge in [-0.3, -0.25) is 9.59 Å². The molecule has 0 bridgehead atoms. The largest absolute Gasteiger partial charge is 0.482 e. The molecule has 1 N–H and O–H groups in total. The molecule has 0 spiro atoms. The lowest BCUT2D eigenvalue weighted by molar-refractivity contribution is -0.132. The van der Waals surface area contributed by atoms with Crippen LogP contribution < -0.4 is 5.32 Å². The average molecular weight is 419 g/mol. The number of ether oxygens (including phenoxy) is 2. The molecule has 0 unspecified atom stereocenters.